The van der Waals surface area contributed by atoms with E-state index >= 15 is 0 Å². The first-order chi connectivity index (χ1) is 7.65. The normalized spacial score (nSPS) is 25.9. The Morgan fingerprint density at radius 3 is 2.29 bits per heavy atom. The zero-order chi connectivity index (χ0) is 13.3. The highest BCUT2D eigenvalue weighted by molar-refractivity contribution is 6.87. The van der Waals surface area contributed by atoms with Crippen molar-refractivity contribution in [3.05, 3.63) is 0 Å². The van der Waals surface area contributed by atoms with Crippen LogP contribution < -0.4 is 0 Å². The van der Waals surface area contributed by atoms with E-state index < -0.39 is 8.07 Å². The SMILES string of the molecule is CC(C)[C@@H]1OCC[C@@H]1C#C[Si](C)(C)C(C)(C)C. The molecule has 1 rings (SSSR count). The van der Waals surface area contributed by atoms with E-state index in [9.17, 15) is 0 Å². The van der Waals surface area contributed by atoms with E-state index in [1.807, 2.05) is 0 Å². The zero-order valence-electron chi connectivity index (χ0n) is 12.6. The van der Waals surface area contributed by atoms with Gasteiger partial charge in [0.2, 0.25) is 0 Å². The maximum absolute atomic E-state index is 5.79. The molecule has 1 nitrogen and oxygen atoms in total. The average Bonchev–Trinajstić information content (AvgIpc) is 2.60. The third-order valence-corrected chi connectivity index (χ3v) is 8.76. The van der Waals surface area contributed by atoms with E-state index in [4.69, 9.17) is 4.74 Å². The minimum atomic E-state index is -1.45. The molecule has 0 amide bonds. The van der Waals surface area contributed by atoms with Crippen LogP contribution in [-0.2, 0) is 4.74 Å². The Bertz CT molecular complexity index is 314. The summed E-state index contributed by atoms with van der Waals surface area (Å²) < 4.78 is 5.79. The van der Waals surface area contributed by atoms with Crippen LogP contribution in [0.3, 0.4) is 0 Å². The fourth-order valence-corrected chi connectivity index (χ4v) is 2.80. The Morgan fingerprint density at radius 1 is 1.24 bits per heavy atom. The zero-order valence-corrected chi connectivity index (χ0v) is 13.6. The predicted molar refractivity (Wildman–Crippen MR) is 77.7 cm³/mol. The van der Waals surface area contributed by atoms with Crippen LogP contribution in [0.1, 0.15) is 41.0 Å². The van der Waals surface area contributed by atoms with Crippen LogP contribution in [0.2, 0.25) is 18.1 Å². The van der Waals surface area contributed by atoms with E-state index in [0.29, 0.717) is 23.0 Å². The van der Waals surface area contributed by atoms with Crippen molar-refractivity contribution in [3.63, 3.8) is 0 Å². The molecule has 0 unspecified atom stereocenters. The van der Waals surface area contributed by atoms with Crippen molar-refractivity contribution >= 4 is 8.07 Å². The highest BCUT2D eigenvalue weighted by atomic mass is 28.3. The van der Waals surface area contributed by atoms with Crippen molar-refractivity contribution in [3.8, 4) is 11.5 Å². The van der Waals surface area contributed by atoms with Crippen LogP contribution in [0.5, 0.6) is 0 Å². The van der Waals surface area contributed by atoms with E-state index in [1.54, 1.807) is 0 Å². The number of hydrogen-bond donors (Lipinski definition) is 0. The van der Waals surface area contributed by atoms with Gasteiger partial charge in [-0.15, -0.1) is 11.5 Å². The average molecular weight is 252 g/mol. The van der Waals surface area contributed by atoms with Crippen LogP contribution in [0.15, 0.2) is 0 Å². The second-order valence-corrected chi connectivity index (χ2v) is 12.1. The first-order valence-electron chi connectivity index (χ1n) is 6.79. The summed E-state index contributed by atoms with van der Waals surface area (Å²) in [5.74, 6) is 4.59. The van der Waals surface area contributed by atoms with Gasteiger partial charge in [-0.25, -0.2) is 0 Å². The van der Waals surface area contributed by atoms with Gasteiger partial charge < -0.3 is 4.74 Å². The molecule has 2 atom stereocenters. The molecule has 0 bridgehead atoms. The van der Waals surface area contributed by atoms with Gasteiger partial charge in [0.25, 0.3) is 0 Å². The van der Waals surface area contributed by atoms with E-state index in [0.717, 1.165) is 13.0 Å². The summed E-state index contributed by atoms with van der Waals surface area (Å²) in [5, 5.41) is 0.354. The molecule has 1 aliphatic rings. The Morgan fingerprint density at radius 2 is 1.82 bits per heavy atom. The van der Waals surface area contributed by atoms with Gasteiger partial charge in [-0.3, -0.25) is 0 Å². The lowest BCUT2D eigenvalue weighted by molar-refractivity contribution is 0.0644. The Hall–Kier alpha value is -0.263. The van der Waals surface area contributed by atoms with Crippen LogP contribution in [0.4, 0.5) is 0 Å². The van der Waals surface area contributed by atoms with Gasteiger partial charge >= 0.3 is 0 Å². The Labute approximate surface area is 108 Å². The van der Waals surface area contributed by atoms with Gasteiger partial charge in [-0.05, 0) is 17.4 Å². The maximum atomic E-state index is 5.79. The van der Waals surface area contributed by atoms with Crippen LogP contribution in [0.25, 0.3) is 0 Å². The lowest BCUT2D eigenvalue weighted by atomic mass is 9.94. The Balaban J connectivity index is 2.78. The second-order valence-electron chi connectivity index (χ2n) is 7.12. The topological polar surface area (TPSA) is 9.23 Å². The fraction of sp³-hybridized carbons (Fsp3) is 0.867. The molecule has 1 saturated heterocycles. The fourth-order valence-electron chi connectivity index (χ4n) is 1.88. The largest absolute Gasteiger partial charge is 0.377 e. The molecule has 2 heteroatoms. The predicted octanol–water partition coefficient (Wildman–Crippen LogP) is 4.10. The highest BCUT2D eigenvalue weighted by Crippen LogP contribution is 2.35. The minimum Gasteiger partial charge on any atom is -0.377 e. The maximum Gasteiger partial charge on any atom is 0.137 e. The van der Waals surface area contributed by atoms with Crippen molar-refractivity contribution < 1.29 is 4.74 Å². The number of hydrogen-bond acceptors (Lipinski definition) is 1. The lowest BCUT2D eigenvalue weighted by Gasteiger charge is -2.31. The van der Waals surface area contributed by atoms with E-state index in [1.165, 1.54) is 0 Å². The molecule has 0 saturated carbocycles. The molecular formula is C15H28OSi. The molecule has 0 aliphatic carbocycles. The summed E-state index contributed by atoms with van der Waals surface area (Å²) in [7, 11) is -1.45. The summed E-state index contributed by atoms with van der Waals surface area (Å²) in [6.45, 7) is 17.1. The molecule has 0 aromatic carbocycles. The van der Waals surface area contributed by atoms with Gasteiger partial charge in [0.15, 0.2) is 0 Å². The monoisotopic (exact) mass is 252 g/mol. The smallest absolute Gasteiger partial charge is 0.137 e. The lowest BCUT2D eigenvalue weighted by Crippen LogP contribution is -2.36. The van der Waals surface area contributed by atoms with Crippen molar-refractivity contribution in [2.45, 2.75) is 65.3 Å². The van der Waals surface area contributed by atoms with Crippen molar-refractivity contribution in [1.82, 2.24) is 0 Å². The number of rotatable bonds is 1. The molecule has 0 spiro atoms. The van der Waals surface area contributed by atoms with Gasteiger partial charge in [-0.1, -0.05) is 47.7 Å². The highest BCUT2D eigenvalue weighted by Gasteiger charge is 2.35. The summed E-state index contributed by atoms with van der Waals surface area (Å²) in [5.41, 5.74) is 3.63. The summed E-state index contributed by atoms with van der Waals surface area (Å²) >= 11 is 0. The molecular weight excluding hydrogens is 224 g/mol. The molecule has 1 fully saturated rings. The third kappa shape index (κ3) is 3.60. The van der Waals surface area contributed by atoms with Crippen molar-refractivity contribution in [1.29, 1.82) is 0 Å². The van der Waals surface area contributed by atoms with Crippen molar-refractivity contribution in [2.75, 3.05) is 6.61 Å². The van der Waals surface area contributed by atoms with Crippen LogP contribution in [-0.4, -0.2) is 20.8 Å². The summed E-state index contributed by atoms with van der Waals surface area (Å²) in [6.07, 6.45) is 1.47. The van der Waals surface area contributed by atoms with Gasteiger partial charge in [-0.2, -0.15) is 0 Å². The molecule has 1 aliphatic heterocycles. The first-order valence-corrected chi connectivity index (χ1v) is 9.79. The molecule has 0 N–H and O–H groups in total. The van der Waals surface area contributed by atoms with Crippen LogP contribution >= 0.6 is 0 Å². The molecule has 1 heterocycles. The number of ether oxygens (including phenoxy) is 1. The molecule has 0 aromatic rings. The van der Waals surface area contributed by atoms with E-state index in [-0.39, 0.29) is 0 Å². The van der Waals surface area contributed by atoms with Crippen molar-refractivity contribution in [2.24, 2.45) is 11.8 Å². The first kappa shape index (κ1) is 14.8. The van der Waals surface area contributed by atoms with Gasteiger partial charge in [0, 0.05) is 12.5 Å². The quantitative estimate of drug-likeness (QED) is 0.504. The van der Waals surface area contributed by atoms with Gasteiger partial charge in [0.05, 0.1) is 6.10 Å². The van der Waals surface area contributed by atoms with Gasteiger partial charge in [0.1, 0.15) is 8.07 Å². The van der Waals surface area contributed by atoms with Crippen LogP contribution in [0, 0.1) is 23.3 Å². The third-order valence-electron chi connectivity index (χ3n) is 4.24. The Kier molecular flexibility index (Phi) is 4.49. The molecule has 98 valence electrons. The second kappa shape index (κ2) is 5.16. The molecule has 0 radical (unpaired) electrons. The standard InChI is InChI=1S/C15H28OSi/c1-12(2)14-13(8-10-16-14)9-11-17(6,7)15(3,4)5/h12-14H,8,10H2,1-7H3/t13-,14+/m1/s1. The minimum absolute atomic E-state index is 0.354. The summed E-state index contributed by atoms with van der Waals surface area (Å²) in [4.78, 5) is 0. The van der Waals surface area contributed by atoms with E-state index in [2.05, 4.69) is 59.2 Å². The molecule has 0 aromatic heterocycles. The summed E-state index contributed by atoms with van der Waals surface area (Å²) in [6, 6.07) is 0. The molecule has 17 heavy (non-hydrogen) atoms.